The number of nitrogens with one attached hydrogen (secondary N) is 1. The van der Waals surface area contributed by atoms with Gasteiger partial charge < -0.3 is 11.1 Å². The highest BCUT2D eigenvalue weighted by atomic mass is 79.9. The lowest BCUT2D eigenvalue weighted by molar-refractivity contribution is 0.590. The van der Waals surface area contributed by atoms with Crippen molar-refractivity contribution in [2.45, 2.75) is 26.2 Å². The Bertz CT molecular complexity index is 553. The number of nitrogens with two attached hydrogens (primary N) is 1. The first-order chi connectivity index (χ1) is 8.84. The smallest absolute Gasteiger partial charge is 0.230 e. The first kappa shape index (κ1) is 13.8. The highest BCUT2D eigenvalue weighted by molar-refractivity contribution is 9.10. The minimum Gasteiger partial charge on any atom is -0.383 e. The fraction of sp³-hybridized carbons (Fsp3) is 0.286. The van der Waals surface area contributed by atoms with Crippen LogP contribution in [-0.2, 0) is 5.41 Å². The van der Waals surface area contributed by atoms with Crippen LogP contribution in [0.4, 0.5) is 17.5 Å². The Morgan fingerprint density at radius 3 is 2.26 bits per heavy atom. The summed E-state index contributed by atoms with van der Waals surface area (Å²) in [5.74, 6) is 0.908. The van der Waals surface area contributed by atoms with Crippen molar-refractivity contribution in [1.29, 1.82) is 0 Å². The average Bonchev–Trinajstić information content (AvgIpc) is 2.26. The van der Waals surface area contributed by atoms with E-state index in [9.17, 15) is 0 Å². The minimum absolute atomic E-state index is 0.148. The van der Waals surface area contributed by atoms with Crippen molar-refractivity contribution in [2.24, 2.45) is 0 Å². The molecule has 0 aliphatic rings. The number of nitrogens with zero attached hydrogens (tertiary/aromatic N) is 2. The Hall–Kier alpha value is -1.62. The normalized spacial score (nSPS) is 11.4. The molecule has 0 atom stereocenters. The van der Waals surface area contributed by atoms with Crippen LogP contribution in [-0.4, -0.2) is 9.97 Å². The lowest BCUT2D eigenvalue weighted by atomic mass is 9.87. The summed E-state index contributed by atoms with van der Waals surface area (Å²) < 4.78 is 0.661. The monoisotopic (exact) mass is 320 g/mol. The Morgan fingerprint density at radius 2 is 1.74 bits per heavy atom. The van der Waals surface area contributed by atoms with E-state index in [1.807, 2.05) is 12.1 Å². The number of hydrogen-bond donors (Lipinski definition) is 2. The standard InChI is InChI=1S/C14H17BrN4/c1-14(2,3)9-4-6-10(7-5-9)17-13-18-11(15)8-12(16)19-13/h4-8H,1-3H3,(H3,16,17,18,19). The highest BCUT2D eigenvalue weighted by Gasteiger charge is 2.12. The van der Waals surface area contributed by atoms with Gasteiger partial charge in [0.15, 0.2) is 0 Å². The van der Waals surface area contributed by atoms with Crippen molar-refractivity contribution in [2.75, 3.05) is 11.1 Å². The van der Waals surface area contributed by atoms with E-state index in [-0.39, 0.29) is 5.41 Å². The SMILES string of the molecule is CC(C)(C)c1ccc(Nc2nc(N)cc(Br)n2)cc1. The number of aromatic nitrogens is 2. The van der Waals surface area contributed by atoms with Crippen LogP contribution in [0.3, 0.4) is 0 Å². The number of benzene rings is 1. The molecule has 100 valence electrons. The Balaban J connectivity index is 2.20. The molecular weight excluding hydrogens is 304 g/mol. The van der Waals surface area contributed by atoms with Crippen LogP contribution in [0.2, 0.25) is 0 Å². The van der Waals surface area contributed by atoms with E-state index in [1.165, 1.54) is 5.56 Å². The molecule has 19 heavy (non-hydrogen) atoms. The van der Waals surface area contributed by atoms with E-state index in [1.54, 1.807) is 6.07 Å². The number of anilines is 3. The fourth-order valence-corrected chi connectivity index (χ4v) is 2.08. The second-order valence-electron chi connectivity index (χ2n) is 5.39. The molecule has 0 bridgehead atoms. The summed E-state index contributed by atoms with van der Waals surface area (Å²) in [6.07, 6.45) is 0. The molecule has 0 spiro atoms. The zero-order valence-electron chi connectivity index (χ0n) is 11.2. The Labute approximate surface area is 121 Å². The molecule has 2 rings (SSSR count). The van der Waals surface area contributed by atoms with Crippen LogP contribution >= 0.6 is 15.9 Å². The third-order valence-electron chi connectivity index (χ3n) is 2.72. The van der Waals surface area contributed by atoms with Crippen molar-refractivity contribution in [3.63, 3.8) is 0 Å². The third-order valence-corrected chi connectivity index (χ3v) is 3.13. The van der Waals surface area contributed by atoms with Gasteiger partial charge in [0.2, 0.25) is 5.95 Å². The van der Waals surface area contributed by atoms with Crippen LogP contribution in [0, 0.1) is 0 Å². The van der Waals surface area contributed by atoms with Gasteiger partial charge in [-0.05, 0) is 39.0 Å². The number of rotatable bonds is 2. The molecule has 0 fully saturated rings. The van der Waals surface area contributed by atoms with Crippen molar-refractivity contribution >= 4 is 33.4 Å². The lowest BCUT2D eigenvalue weighted by Crippen LogP contribution is -2.10. The van der Waals surface area contributed by atoms with Gasteiger partial charge in [0, 0.05) is 11.8 Å². The zero-order chi connectivity index (χ0) is 14.0. The first-order valence-corrected chi connectivity index (χ1v) is 6.81. The van der Waals surface area contributed by atoms with E-state index in [0.717, 1.165) is 5.69 Å². The van der Waals surface area contributed by atoms with E-state index in [4.69, 9.17) is 5.73 Å². The molecule has 0 saturated carbocycles. The molecule has 1 heterocycles. The quantitative estimate of drug-likeness (QED) is 0.824. The second kappa shape index (κ2) is 5.17. The molecule has 1 aromatic carbocycles. The van der Waals surface area contributed by atoms with Gasteiger partial charge >= 0.3 is 0 Å². The van der Waals surface area contributed by atoms with E-state index in [0.29, 0.717) is 16.4 Å². The van der Waals surface area contributed by atoms with E-state index < -0.39 is 0 Å². The van der Waals surface area contributed by atoms with Gasteiger partial charge in [0.1, 0.15) is 10.4 Å². The van der Waals surface area contributed by atoms with E-state index in [2.05, 4.69) is 64.1 Å². The van der Waals surface area contributed by atoms with Gasteiger partial charge in [-0.3, -0.25) is 0 Å². The third kappa shape index (κ3) is 3.67. The fourth-order valence-electron chi connectivity index (χ4n) is 1.67. The van der Waals surface area contributed by atoms with Gasteiger partial charge in [0.25, 0.3) is 0 Å². The summed E-state index contributed by atoms with van der Waals surface area (Å²) >= 11 is 3.29. The van der Waals surface area contributed by atoms with E-state index >= 15 is 0 Å². The molecule has 5 heteroatoms. The van der Waals surface area contributed by atoms with Crippen LogP contribution in [0.1, 0.15) is 26.3 Å². The topological polar surface area (TPSA) is 63.8 Å². The maximum atomic E-state index is 5.67. The van der Waals surface area contributed by atoms with Crippen LogP contribution in [0.25, 0.3) is 0 Å². The summed E-state index contributed by atoms with van der Waals surface area (Å²) in [6, 6.07) is 9.89. The Morgan fingerprint density at radius 1 is 1.11 bits per heavy atom. The maximum absolute atomic E-state index is 5.67. The summed E-state index contributed by atoms with van der Waals surface area (Å²) in [5.41, 5.74) is 8.04. The molecule has 0 amide bonds. The van der Waals surface area contributed by atoms with Crippen LogP contribution in [0.5, 0.6) is 0 Å². The van der Waals surface area contributed by atoms with Gasteiger partial charge in [0.05, 0.1) is 0 Å². The molecule has 0 radical (unpaired) electrons. The molecule has 0 saturated heterocycles. The predicted octanol–water partition coefficient (Wildman–Crippen LogP) is 3.86. The molecular formula is C14H17BrN4. The molecule has 0 unspecified atom stereocenters. The zero-order valence-corrected chi connectivity index (χ0v) is 12.8. The summed E-state index contributed by atoms with van der Waals surface area (Å²) in [6.45, 7) is 6.56. The first-order valence-electron chi connectivity index (χ1n) is 6.02. The number of halogens is 1. The molecule has 3 N–H and O–H groups in total. The van der Waals surface area contributed by atoms with Crippen molar-refractivity contribution < 1.29 is 0 Å². The minimum atomic E-state index is 0.148. The molecule has 1 aromatic heterocycles. The molecule has 2 aromatic rings. The highest BCUT2D eigenvalue weighted by Crippen LogP contribution is 2.24. The predicted molar refractivity (Wildman–Crippen MR) is 82.6 cm³/mol. The largest absolute Gasteiger partial charge is 0.383 e. The molecule has 4 nitrogen and oxygen atoms in total. The Kier molecular flexibility index (Phi) is 3.75. The van der Waals surface area contributed by atoms with Crippen LogP contribution in [0.15, 0.2) is 34.9 Å². The van der Waals surface area contributed by atoms with Gasteiger partial charge in [-0.25, -0.2) is 4.98 Å². The number of nitrogen functional groups attached to an aromatic ring is 1. The van der Waals surface area contributed by atoms with Crippen molar-refractivity contribution in [3.8, 4) is 0 Å². The second-order valence-corrected chi connectivity index (χ2v) is 6.20. The molecule has 0 aliphatic carbocycles. The van der Waals surface area contributed by atoms with Crippen molar-refractivity contribution in [3.05, 3.63) is 40.5 Å². The maximum Gasteiger partial charge on any atom is 0.230 e. The summed E-state index contributed by atoms with van der Waals surface area (Å²) in [5, 5.41) is 3.13. The summed E-state index contributed by atoms with van der Waals surface area (Å²) in [7, 11) is 0. The van der Waals surface area contributed by atoms with Gasteiger partial charge in [-0.2, -0.15) is 4.98 Å². The number of hydrogen-bond acceptors (Lipinski definition) is 4. The van der Waals surface area contributed by atoms with Gasteiger partial charge in [-0.1, -0.05) is 32.9 Å². The van der Waals surface area contributed by atoms with Crippen LogP contribution < -0.4 is 11.1 Å². The average molecular weight is 321 g/mol. The van der Waals surface area contributed by atoms with Crippen molar-refractivity contribution in [1.82, 2.24) is 9.97 Å². The lowest BCUT2D eigenvalue weighted by Gasteiger charge is -2.19. The van der Waals surface area contributed by atoms with Gasteiger partial charge in [-0.15, -0.1) is 0 Å². The molecule has 0 aliphatic heterocycles. The summed E-state index contributed by atoms with van der Waals surface area (Å²) in [4.78, 5) is 8.34.